The van der Waals surface area contributed by atoms with Crippen molar-refractivity contribution in [2.45, 2.75) is 12.8 Å². The molecule has 0 radical (unpaired) electrons. The molecule has 0 unspecified atom stereocenters. The van der Waals surface area contributed by atoms with Crippen molar-refractivity contribution in [2.75, 3.05) is 18.1 Å². The lowest BCUT2D eigenvalue weighted by Gasteiger charge is -2.05. The normalized spacial score (nSPS) is 10.1. The maximum atomic E-state index is 11.5. The highest BCUT2D eigenvalue weighted by molar-refractivity contribution is 7.99. The number of benzene rings is 1. The summed E-state index contributed by atoms with van der Waals surface area (Å²) in [5, 5.41) is 11.5. The molecule has 0 aliphatic heterocycles. The molecular formula is C14H18N2O4S. The molecule has 1 rings (SSSR count). The largest absolute Gasteiger partial charge is 0.478 e. The summed E-state index contributed by atoms with van der Waals surface area (Å²) < 4.78 is 0. The van der Waals surface area contributed by atoms with E-state index in [2.05, 4.69) is 5.32 Å². The molecule has 0 aliphatic rings. The summed E-state index contributed by atoms with van der Waals surface area (Å²) in [4.78, 5) is 32.7. The summed E-state index contributed by atoms with van der Waals surface area (Å²) in [6.07, 6.45) is 0.982. The predicted octanol–water partition coefficient (Wildman–Crippen LogP) is 0.652. The Morgan fingerprint density at radius 1 is 1.19 bits per heavy atom. The minimum Gasteiger partial charge on any atom is -0.478 e. The summed E-state index contributed by atoms with van der Waals surface area (Å²) >= 11 is 1.33. The molecule has 114 valence electrons. The maximum absolute atomic E-state index is 11.5. The van der Waals surface area contributed by atoms with Crippen LogP contribution in [-0.4, -0.2) is 40.9 Å². The van der Waals surface area contributed by atoms with Crippen LogP contribution >= 0.6 is 11.8 Å². The van der Waals surface area contributed by atoms with E-state index in [4.69, 9.17) is 10.8 Å². The van der Waals surface area contributed by atoms with Crippen molar-refractivity contribution in [3.63, 3.8) is 0 Å². The lowest BCUT2D eigenvalue weighted by Crippen LogP contribution is -2.26. The number of hydrogen-bond donors (Lipinski definition) is 3. The fourth-order valence-corrected chi connectivity index (χ4v) is 2.26. The van der Waals surface area contributed by atoms with Crippen molar-refractivity contribution in [3.05, 3.63) is 35.4 Å². The van der Waals surface area contributed by atoms with Gasteiger partial charge in [0.25, 0.3) is 0 Å². The number of rotatable bonds is 9. The molecule has 0 saturated carbocycles. The van der Waals surface area contributed by atoms with Crippen LogP contribution in [0.25, 0.3) is 0 Å². The van der Waals surface area contributed by atoms with Gasteiger partial charge >= 0.3 is 5.97 Å². The molecule has 0 saturated heterocycles. The molecule has 0 aromatic heterocycles. The molecule has 0 spiro atoms. The first-order valence-corrected chi connectivity index (χ1v) is 7.59. The van der Waals surface area contributed by atoms with Gasteiger partial charge in [-0.1, -0.05) is 12.1 Å². The van der Waals surface area contributed by atoms with Gasteiger partial charge in [-0.2, -0.15) is 11.8 Å². The third-order valence-electron chi connectivity index (χ3n) is 2.65. The van der Waals surface area contributed by atoms with Crippen LogP contribution in [0, 0.1) is 0 Å². The third kappa shape index (κ3) is 7.36. The maximum Gasteiger partial charge on any atom is 0.335 e. The number of thioether (sulfide) groups is 1. The number of aromatic carboxylic acids is 1. The van der Waals surface area contributed by atoms with E-state index >= 15 is 0 Å². The quantitative estimate of drug-likeness (QED) is 0.580. The second-order valence-corrected chi connectivity index (χ2v) is 5.48. The van der Waals surface area contributed by atoms with Crippen LogP contribution < -0.4 is 11.1 Å². The van der Waals surface area contributed by atoms with Crippen LogP contribution in [0.15, 0.2) is 24.3 Å². The number of carbonyl (C=O) groups excluding carboxylic acids is 2. The SMILES string of the molecule is NC(=O)CSCCC(=O)NCCc1ccc(C(=O)O)cc1. The zero-order chi connectivity index (χ0) is 15.7. The zero-order valence-corrected chi connectivity index (χ0v) is 12.3. The highest BCUT2D eigenvalue weighted by atomic mass is 32.2. The summed E-state index contributed by atoms with van der Waals surface area (Å²) in [6.45, 7) is 0.492. The van der Waals surface area contributed by atoms with Crippen LogP contribution in [0.3, 0.4) is 0 Å². The summed E-state index contributed by atoms with van der Waals surface area (Å²) in [5.74, 6) is -0.631. The minimum atomic E-state index is -0.955. The fourth-order valence-electron chi connectivity index (χ4n) is 1.59. The molecule has 0 bridgehead atoms. The Kier molecular flexibility index (Phi) is 7.31. The van der Waals surface area contributed by atoms with E-state index in [1.54, 1.807) is 24.3 Å². The van der Waals surface area contributed by atoms with E-state index in [9.17, 15) is 14.4 Å². The van der Waals surface area contributed by atoms with Gasteiger partial charge < -0.3 is 16.2 Å². The van der Waals surface area contributed by atoms with Gasteiger partial charge in [-0.05, 0) is 24.1 Å². The lowest BCUT2D eigenvalue weighted by atomic mass is 10.1. The van der Waals surface area contributed by atoms with Gasteiger partial charge in [-0.25, -0.2) is 4.79 Å². The second-order valence-electron chi connectivity index (χ2n) is 4.37. The molecule has 0 heterocycles. The monoisotopic (exact) mass is 310 g/mol. The van der Waals surface area contributed by atoms with Crippen molar-refractivity contribution in [3.8, 4) is 0 Å². The number of carboxylic acid groups (broad SMARTS) is 1. The number of nitrogens with two attached hydrogens (primary N) is 1. The number of carbonyl (C=O) groups is 3. The highest BCUT2D eigenvalue weighted by Crippen LogP contribution is 2.05. The van der Waals surface area contributed by atoms with Crippen LogP contribution in [0.2, 0.25) is 0 Å². The molecule has 0 atom stereocenters. The number of hydrogen-bond acceptors (Lipinski definition) is 4. The van der Waals surface area contributed by atoms with Gasteiger partial charge in [0.05, 0.1) is 11.3 Å². The van der Waals surface area contributed by atoms with Crippen LogP contribution in [0.5, 0.6) is 0 Å². The standard InChI is InChI=1S/C14H18N2O4S/c15-12(17)9-21-8-6-13(18)16-7-5-10-1-3-11(4-2-10)14(19)20/h1-4H,5-9H2,(H2,15,17)(H,16,18)(H,19,20). The van der Waals surface area contributed by atoms with Crippen LogP contribution in [0.4, 0.5) is 0 Å². The van der Waals surface area contributed by atoms with Crippen molar-refractivity contribution >= 4 is 29.5 Å². The zero-order valence-electron chi connectivity index (χ0n) is 11.5. The molecule has 2 amide bonds. The van der Waals surface area contributed by atoms with E-state index in [0.29, 0.717) is 25.1 Å². The smallest absolute Gasteiger partial charge is 0.335 e. The van der Waals surface area contributed by atoms with Gasteiger partial charge in [0, 0.05) is 18.7 Å². The molecule has 21 heavy (non-hydrogen) atoms. The van der Waals surface area contributed by atoms with Gasteiger partial charge in [0.15, 0.2) is 0 Å². The Hall–Kier alpha value is -2.02. The van der Waals surface area contributed by atoms with E-state index < -0.39 is 5.97 Å². The van der Waals surface area contributed by atoms with Gasteiger partial charge in [0.1, 0.15) is 0 Å². The van der Waals surface area contributed by atoms with Gasteiger partial charge in [-0.15, -0.1) is 0 Å². The van der Waals surface area contributed by atoms with Crippen LogP contribution in [0.1, 0.15) is 22.3 Å². The first kappa shape index (κ1) is 17.0. The Morgan fingerprint density at radius 3 is 2.43 bits per heavy atom. The van der Waals surface area contributed by atoms with E-state index in [0.717, 1.165) is 5.56 Å². The van der Waals surface area contributed by atoms with Gasteiger partial charge in [-0.3, -0.25) is 9.59 Å². The third-order valence-corrected chi connectivity index (χ3v) is 3.64. The number of amides is 2. The number of nitrogens with one attached hydrogen (secondary N) is 1. The fraction of sp³-hybridized carbons (Fsp3) is 0.357. The summed E-state index contributed by atoms with van der Waals surface area (Å²) in [7, 11) is 0. The Morgan fingerprint density at radius 2 is 1.86 bits per heavy atom. The van der Waals surface area contributed by atoms with Crippen molar-refractivity contribution < 1.29 is 19.5 Å². The van der Waals surface area contributed by atoms with Crippen molar-refractivity contribution in [2.24, 2.45) is 5.73 Å². The van der Waals surface area contributed by atoms with E-state index in [1.165, 1.54) is 11.8 Å². The molecule has 7 heteroatoms. The van der Waals surface area contributed by atoms with Crippen molar-refractivity contribution in [1.82, 2.24) is 5.32 Å². The first-order valence-electron chi connectivity index (χ1n) is 6.44. The summed E-state index contributed by atoms with van der Waals surface area (Å²) in [5.41, 5.74) is 6.19. The highest BCUT2D eigenvalue weighted by Gasteiger charge is 2.04. The molecule has 4 N–H and O–H groups in total. The topological polar surface area (TPSA) is 109 Å². The average molecular weight is 310 g/mol. The van der Waals surface area contributed by atoms with Crippen LogP contribution in [-0.2, 0) is 16.0 Å². The minimum absolute atomic E-state index is 0.0749. The number of carboxylic acids is 1. The summed E-state index contributed by atoms with van der Waals surface area (Å²) in [6, 6.07) is 6.55. The Balaban J connectivity index is 2.19. The number of primary amides is 1. The Bertz CT molecular complexity index is 502. The molecule has 6 nitrogen and oxygen atoms in total. The van der Waals surface area contributed by atoms with E-state index in [1.807, 2.05) is 0 Å². The molecule has 0 aliphatic carbocycles. The first-order chi connectivity index (χ1) is 9.99. The molecule has 1 aromatic carbocycles. The second kappa shape index (κ2) is 9.02. The van der Waals surface area contributed by atoms with E-state index in [-0.39, 0.29) is 23.1 Å². The molecule has 0 fully saturated rings. The van der Waals surface area contributed by atoms with Crippen molar-refractivity contribution in [1.29, 1.82) is 0 Å². The Labute approximate surface area is 127 Å². The predicted molar refractivity (Wildman–Crippen MR) is 81.3 cm³/mol. The average Bonchev–Trinajstić information content (AvgIpc) is 2.44. The lowest BCUT2D eigenvalue weighted by molar-refractivity contribution is -0.120. The molecule has 1 aromatic rings. The molecular weight excluding hydrogens is 292 g/mol. The van der Waals surface area contributed by atoms with Gasteiger partial charge in [0.2, 0.25) is 11.8 Å².